The predicted molar refractivity (Wildman–Crippen MR) is 100 cm³/mol. The van der Waals surface area contributed by atoms with Gasteiger partial charge in [-0.25, -0.2) is 4.39 Å². The van der Waals surface area contributed by atoms with E-state index in [1.165, 1.54) is 12.1 Å². The van der Waals surface area contributed by atoms with Gasteiger partial charge < -0.3 is 15.8 Å². The zero-order valence-electron chi connectivity index (χ0n) is 13.1. The molecular formula is C17H24FN3OS. The molecule has 2 rings (SSSR count). The summed E-state index contributed by atoms with van der Waals surface area (Å²) >= 11 is 4.47. The molecule has 0 atom stereocenters. The van der Waals surface area contributed by atoms with Gasteiger partial charge in [-0.2, -0.15) is 0 Å². The minimum Gasteiger partial charge on any atom is -0.383 e. The standard InChI is InChI=1S/C17H20FN3OS.2H2/c1-11-6-7-12(18)10-14(11)13-4-3-5-15(23)16(13)21-17(19)20-8-9-22-2;;/h3-7,10,23H,8-9H2,1-2H3,(H3,19,20,21);2*1H. The van der Waals surface area contributed by atoms with Crippen molar-refractivity contribution in [1.29, 1.82) is 0 Å². The lowest BCUT2D eigenvalue weighted by Gasteiger charge is -2.16. The summed E-state index contributed by atoms with van der Waals surface area (Å²) in [6.07, 6.45) is 0. The van der Waals surface area contributed by atoms with E-state index in [1.54, 1.807) is 13.2 Å². The molecule has 2 aromatic rings. The van der Waals surface area contributed by atoms with Crippen molar-refractivity contribution in [3.8, 4) is 11.1 Å². The van der Waals surface area contributed by atoms with Gasteiger partial charge in [-0.1, -0.05) is 18.2 Å². The maximum Gasteiger partial charge on any atom is 0.193 e. The highest BCUT2D eigenvalue weighted by molar-refractivity contribution is 7.80. The van der Waals surface area contributed by atoms with Crippen molar-refractivity contribution in [3.05, 3.63) is 47.8 Å². The lowest BCUT2D eigenvalue weighted by molar-refractivity contribution is 0.208. The first kappa shape index (κ1) is 17.3. The van der Waals surface area contributed by atoms with Gasteiger partial charge in [0, 0.05) is 20.4 Å². The molecule has 0 saturated carbocycles. The first-order valence-electron chi connectivity index (χ1n) is 7.17. The third-order valence-electron chi connectivity index (χ3n) is 3.36. The van der Waals surface area contributed by atoms with Crippen molar-refractivity contribution >= 4 is 24.3 Å². The molecule has 0 unspecified atom stereocenters. The Balaban J connectivity index is 0.00000288. The number of thiol groups is 1. The number of para-hydroxylation sites is 1. The van der Waals surface area contributed by atoms with Crippen molar-refractivity contribution in [2.24, 2.45) is 10.7 Å². The lowest BCUT2D eigenvalue weighted by Crippen LogP contribution is -2.24. The van der Waals surface area contributed by atoms with E-state index >= 15 is 0 Å². The first-order chi connectivity index (χ1) is 11.0. The van der Waals surface area contributed by atoms with Gasteiger partial charge in [0.05, 0.1) is 18.8 Å². The van der Waals surface area contributed by atoms with Crippen LogP contribution in [-0.4, -0.2) is 26.2 Å². The maximum absolute atomic E-state index is 13.6. The zero-order chi connectivity index (χ0) is 16.8. The van der Waals surface area contributed by atoms with Crippen LogP contribution in [0.15, 0.2) is 46.3 Å². The summed E-state index contributed by atoms with van der Waals surface area (Å²) in [6.45, 7) is 2.87. The summed E-state index contributed by atoms with van der Waals surface area (Å²) in [4.78, 5) is 4.88. The molecule has 0 heterocycles. The van der Waals surface area contributed by atoms with Gasteiger partial charge in [-0.05, 0) is 36.2 Å². The number of anilines is 1. The second-order valence-electron chi connectivity index (χ2n) is 5.04. The Bertz CT molecular complexity index is 729. The second kappa shape index (κ2) is 7.99. The Labute approximate surface area is 144 Å². The van der Waals surface area contributed by atoms with E-state index in [1.807, 2.05) is 25.1 Å². The van der Waals surface area contributed by atoms with Crippen LogP contribution >= 0.6 is 12.6 Å². The van der Waals surface area contributed by atoms with Crippen molar-refractivity contribution in [2.45, 2.75) is 11.8 Å². The van der Waals surface area contributed by atoms with Gasteiger partial charge in [0.2, 0.25) is 0 Å². The number of aryl methyl sites for hydroxylation is 1. The third kappa shape index (κ3) is 4.46. The molecule has 0 fully saturated rings. The smallest absolute Gasteiger partial charge is 0.193 e. The maximum atomic E-state index is 13.6. The molecule has 126 valence electrons. The molecule has 0 saturated heterocycles. The van der Waals surface area contributed by atoms with Crippen LogP contribution in [0.4, 0.5) is 10.1 Å². The lowest BCUT2D eigenvalue weighted by atomic mass is 9.98. The molecule has 0 amide bonds. The molecule has 0 bridgehead atoms. The fraction of sp³-hybridized carbons (Fsp3) is 0.235. The van der Waals surface area contributed by atoms with Crippen molar-refractivity contribution in [3.63, 3.8) is 0 Å². The van der Waals surface area contributed by atoms with E-state index in [0.717, 1.165) is 16.7 Å². The number of ether oxygens (including phenoxy) is 1. The molecule has 23 heavy (non-hydrogen) atoms. The largest absolute Gasteiger partial charge is 0.383 e. The number of guanidine groups is 1. The fourth-order valence-corrected chi connectivity index (χ4v) is 2.47. The number of aliphatic imine (C=N–C) groups is 1. The van der Waals surface area contributed by atoms with Gasteiger partial charge in [0.25, 0.3) is 0 Å². The topological polar surface area (TPSA) is 59.6 Å². The summed E-state index contributed by atoms with van der Waals surface area (Å²) in [5.41, 5.74) is 9.17. The minimum absolute atomic E-state index is 0. The molecule has 0 aliphatic rings. The number of benzene rings is 2. The van der Waals surface area contributed by atoms with Gasteiger partial charge >= 0.3 is 0 Å². The fourth-order valence-electron chi connectivity index (χ4n) is 2.21. The minimum atomic E-state index is -0.289. The van der Waals surface area contributed by atoms with E-state index in [2.05, 4.69) is 22.9 Å². The van der Waals surface area contributed by atoms with Crippen molar-refractivity contribution in [1.82, 2.24) is 0 Å². The summed E-state index contributed by atoms with van der Waals surface area (Å²) in [7, 11) is 1.60. The summed E-state index contributed by atoms with van der Waals surface area (Å²) < 4.78 is 18.6. The van der Waals surface area contributed by atoms with Crippen LogP contribution in [0.5, 0.6) is 0 Å². The second-order valence-corrected chi connectivity index (χ2v) is 5.53. The number of hydrogen-bond donors (Lipinski definition) is 3. The van der Waals surface area contributed by atoms with E-state index in [9.17, 15) is 4.39 Å². The van der Waals surface area contributed by atoms with Crippen LogP contribution in [-0.2, 0) is 4.74 Å². The molecule has 6 heteroatoms. The van der Waals surface area contributed by atoms with Crippen LogP contribution < -0.4 is 11.1 Å². The Morgan fingerprint density at radius 1 is 1.35 bits per heavy atom. The van der Waals surface area contributed by atoms with E-state index in [0.29, 0.717) is 23.7 Å². The zero-order valence-corrected chi connectivity index (χ0v) is 14.0. The van der Waals surface area contributed by atoms with E-state index in [4.69, 9.17) is 10.5 Å². The molecule has 0 radical (unpaired) electrons. The van der Waals surface area contributed by atoms with Crippen LogP contribution in [0.1, 0.15) is 8.42 Å². The van der Waals surface area contributed by atoms with Gasteiger partial charge in [-0.15, -0.1) is 12.6 Å². The van der Waals surface area contributed by atoms with Crippen molar-refractivity contribution < 1.29 is 12.0 Å². The molecule has 3 N–H and O–H groups in total. The number of nitrogens with two attached hydrogens (primary N) is 1. The number of nitrogens with zero attached hydrogens (tertiary/aromatic N) is 1. The Morgan fingerprint density at radius 2 is 2.13 bits per heavy atom. The van der Waals surface area contributed by atoms with E-state index in [-0.39, 0.29) is 14.6 Å². The summed E-state index contributed by atoms with van der Waals surface area (Å²) in [5.74, 6) is -0.0262. The Kier molecular flexibility index (Phi) is 6.01. The van der Waals surface area contributed by atoms with Crippen LogP contribution in [0.3, 0.4) is 0 Å². The SMILES string of the molecule is COCCN=C(N)Nc1c(S)cccc1-c1cc(F)ccc1C.[HH].[HH]. The molecule has 0 aliphatic carbocycles. The monoisotopic (exact) mass is 337 g/mol. The highest BCUT2D eigenvalue weighted by Gasteiger charge is 2.12. The van der Waals surface area contributed by atoms with Gasteiger partial charge in [-0.3, -0.25) is 4.99 Å². The van der Waals surface area contributed by atoms with Gasteiger partial charge in [0.15, 0.2) is 5.96 Å². The van der Waals surface area contributed by atoms with E-state index < -0.39 is 0 Å². The summed E-state index contributed by atoms with van der Waals surface area (Å²) in [5, 5.41) is 3.06. The third-order valence-corrected chi connectivity index (χ3v) is 3.74. The molecular weight excluding hydrogens is 313 g/mol. The normalized spacial score (nSPS) is 11.6. The van der Waals surface area contributed by atoms with Crippen LogP contribution in [0, 0.1) is 12.7 Å². The molecule has 0 aromatic heterocycles. The molecule has 2 aromatic carbocycles. The summed E-state index contributed by atoms with van der Waals surface area (Å²) in [6, 6.07) is 10.3. The van der Waals surface area contributed by atoms with Gasteiger partial charge in [0.1, 0.15) is 5.82 Å². The molecule has 0 aliphatic heterocycles. The quantitative estimate of drug-likeness (QED) is 0.335. The Morgan fingerprint density at radius 3 is 2.87 bits per heavy atom. The number of nitrogens with one attached hydrogen (secondary N) is 1. The van der Waals surface area contributed by atoms with Crippen molar-refractivity contribution in [2.75, 3.05) is 25.6 Å². The number of rotatable bonds is 5. The highest BCUT2D eigenvalue weighted by atomic mass is 32.1. The number of halogens is 1. The molecule has 0 spiro atoms. The highest BCUT2D eigenvalue weighted by Crippen LogP contribution is 2.35. The average molecular weight is 337 g/mol. The van der Waals surface area contributed by atoms with Crippen LogP contribution in [0.25, 0.3) is 11.1 Å². The predicted octanol–water partition coefficient (Wildman–Crippen LogP) is 3.95. The number of methoxy groups -OCH3 is 1. The first-order valence-corrected chi connectivity index (χ1v) is 7.62. The molecule has 4 nitrogen and oxygen atoms in total. The Hall–Kier alpha value is -2.05. The number of hydrogen-bond acceptors (Lipinski definition) is 3. The van der Waals surface area contributed by atoms with Crippen LogP contribution in [0.2, 0.25) is 0 Å². The average Bonchev–Trinajstić information content (AvgIpc) is 2.52.